The zero-order valence-electron chi connectivity index (χ0n) is 15.3. The first-order valence-corrected chi connectivity index (χ1v) is 8.72. The number of hydrogen-bond donors (Lipinski definition) is 1. The Morgan fingerprint density at radius 3 is 2.80 bits per heavy atom. The number of para-hydroxylation sites is 1. The molecule has 2 atom stereocenters. The lowest BCUT2D eigenvalue weighted by Crippen LogP contribution is -2.26. The fourth-order valence-corrected chi connectivity index (χ4v) is 3.27. The first kappa shape index (κ1) is 17.3. The molecule has 1 aliphatic rings. The molecule has 2 aromatic carbocycles. The van der Waals surface area contributed by atoms with Crippen molar-refractivity contribution in [2.24, 2.45) is 0 Å². The number of ether oxygens (including phenoxy) is 2. The van der Waals surface area contributed by atoms with E-state index in [1.807, 2.05) is 37.3 Å². The molecule has 0 aliphatic carbocycles. The molecule has 0 saturated heterocycles. The van der Waals surface area contributed by atoms with Crippen LogP contribution in [0.25, 0.3) is 0 Å². The lowest BCUT2D eigenvalue weighted by atomic mass is 9.97. The number of amides is 1. The summed E-state index contributed by atoms with van der Waals surface area (Å²) in [6, 6.07) is 11.9. The highest BCUT2D eigenvalue weighted by molar-refractivity contribution is 5.97. The number of fused-ring (bicyclic) bond motifs is 1. The highest BCUT2D eigenvalue weighted by Gasteiger charge is 2.30. The summed E-state index contributed by atoms with van der Waals surface area (Å²) < 4.78 is 11.3. The molecule has 0 saturated carbocycles. The Balaban J connectivity index is 1.68. The zero-order chi connectivity index (χ0) is 18.0. The Bertz CT molecular complexity index is 785. The van der Waals surface area contributed by atoms with Crippen LogP contribution in [0.15, 0.2) is 36.4 Å². The van der Waals surface area contributed by atoms with Crippen molar-refractivity contribution in [1.29, 1.82) is 0 Å². The summed E-state index contributed by atoms with van der Waals surface area (Å²) in [7, 11) is 1.67. The first-order valence-electron chi connectivity index (χ1n) is 8.72. The highest BCUT2D eigenvalue weighted by Crippen LogP contribution is 2.40. The lowest BCUT2D eigenvalue weighted by Gasteiger charge is -2.12. The van der Waals surface area contributed by atoms with Gasteiger partial charge in [0.1, 0.15) is 17.6 Å². The van der Waals surface area contributed by atoms with Crippen LogP contribution in [0.2, 0.25) is 0 Å². The van der Waals surface area contributed by atoms with E-state index in [9.17, 15) is 4.79 Å². The van der Waals surface area contributed by atoms with Crippen LogP contribution < -0.4 is 14.8 Å². The fraction of sp³-hybridized carbons (Fsp3) is 0.381. The number of nitrogens with one attached hydrogen (secondary N) is 1. The van der Waals surface area contributed by atoms with E-state index in [4.69, 9.17) is 9.47 Å². The Labute approximate surface area is 149 Å². The van der Waals surface area contributed by atoms with Crippen LogP contribution in [0.1, 0.15) is 46.8 Å². The molecular formula is C21H25NO3. The summed E-state index contributed by atoms with van der Waals surface area (Å²) in [5.74, 6) is 1.80. The SMILES string of the molecule is COc1ccc(C)cc1CCNC(=O)c1cccc2c1O[C@@H](C)[C@H]2C. The van der Waals surface area contributed by atoms with Crippen LogP contribution in [-0.2, 0) is 6.42 Å². The van der Waals surface area contributed by atoms with E-state index in [1.165, 1.54) is 5.56 Å². The smallest absolute Gasteiger partial charge is 0.255 e. The topological polar surface area (TPSA) is 47.6 Å². The minimum Gasteiger partial charge on any atom is -0.496 e. The van der Waals surface area contributed by atoms with E-state index >= 15 is 0 Å². The molecule has 0 unspecified atom stereocenters. The van der Waals surface area contributed by atoms with E-state index in [0.29, 0.717) is 18.0 Å². The van der Waals surface area contributed by atoms with E-state index in [1.54, 1.807) is 7.11 Å². The standard InChI is InChI=1S/C21H25NO3/c1-13-8-9-19(24-4)16(12-13)10-11-22-21(23)18-7-5-6-17-14(2)15(3)25-20(17)18/h5-9,12,14-15H,10-11H2,1-4H3,(H,22,23)/t14-,15+/m1/s1. The Morgan fingerprint density at radius 2 is 2.04 bits per heavy atom. The molecular weight excluding hydrogens is 314 g/mol. The molecule has 1 heterocycles. The van der Waals surface area contributed by atoms with Gasteiger partial charge in [-0.1, -0.05) is 36.8 Å². The lowest BCUT2D eigenvalue weighted by molar-refractivity contribution is 0.0949. The third kappa shape index (κ3) is 3.48. The van der Waals surface area contributed by atoms with Crippen molar-refractivity contribution in [2.45, 2.75) is 39.2 Å². The maximum absolute atomic E-state index is 12.6. The number of carbonyl (C=O) groups excluding carboxylic acids is 1. The van der Waals surface area contributed by atoms with Gasteiger partial charge in [-0.05, 0) is 38.0 Å². The minimum atomic E-state index is -0.0928. The summed E-state index contributed by atoms with van der Waals surface area (Å²) in [5, 5.41) is 3.00. The quantitative estimate of drug-likeness (QED) is 0.900. The van der Waals surface area contributed by atoms with E-state index in [0.717, 1.165) is 29.0 Å². The molecule has 1 aliphatic heterocycles. The molecule has 4 heteroatoms. The molecule has 0 spiro atoms. The second-order valence-electron chi connectivity index (χ2n) is 6.66. The van der Waals surface area contributed by atoms with Crippen molar-refractivity contribution in [2.75, 3.05) is 13.7 Å². The summed E-state index contributed by atoms with van der Waals surface area (Å²) in [6.07, 6.45) is 0.819. The summed E-state index contributed by atoms with van der Waals surface area (Å²) in [6.45, 7) is 6.76. The van der Waals surface area contributed by atoms with E-state index < -0.39 is 0 Å². The molecule has 3 rings (SSSR count). The van der Waals surface area contributed by atoms with Crippen LogP contribution in [0.4, 0.5) is 0 Å². The number of rotatable bonds is 5. The molecule has 0 bridgehead atoms. The molecule has 4 nitrogen and oxygen atoms in total. The Morgan fingerprint density at radius 1 is 1.24 bits per heavy atom. The third-order valence-electron chi connectivity index (χ3n) is 4.90. The van der Waals surface area contributed by atoms with Crippen molar-refractivity contribution in [1.82, 2.24) is 5.32 Å². The molecule has 1 N–H and O–H groups in total. The third-order valence-corrected chi connectivity index (χ3v) is 4.90. The van der Waals surface area contributed by atoms with Gasteiger partial charge >= 0.3 is 0 Å². The normalized spacial score (nSPS) is 18.4. The van der Waals surface area contributed by atoms with Crippen LogP contribution in [0.3, 0.4) is 0 Å². The van der Waals surface area contributed by atoms with Gasteiger partial charge < -0.3 is 14.8 Å². The highest BCUT2D eigenvalue weighted by atomic mass is 16.5. The zero-order valence-corrected chi connectivity index (χ0v) is 15.3. The number of aryl methyl sites for hydroxylation is 1. The molecule has 25 heavy (non-hydrogen) atoms. The van der Waals surface area contributed by atoms with Gasteiger partial charge in [0.2, 0.25) is 0 Å². The summed E-state index contributed by atoms with van der Waals surface area (Å²) >= 11 is 0. The van der Waals surface area contributed by atoms with Gasteiger partial charge in [-0.15, -0.1) is 0 Å². The minimum absolute atomic E-state index is 0.0928. The van der Waals surface area contributed by atoms with Gasteiger partial charge in [0.15, 0.2) is 0 Å². The second-order valence-corrected chi connectivity index (χ2v) is 6.66. The van der Waals surface area contributed by atoms with Crippen LogP contribution >= 0.6 is 0 Å². The molecule has 0 fully saturated rings. The predicted octanol–water partition coefficient (Wildman–Crippen LogP) is 3.86. The van der Waals surface area contributed by atoms with Gasteiger partial charge in [0.25, 0.3) is 5.91 Å². The molecule has 132 valence electrons. The van der Waals surface area contributed by atoms with Crippen molar-refractivity contribution >= 4 is 5.91 Å². The van der Waals surface area contributed by atoms with Crippen LogP contribution in [0, 0.1) is 6.92 Å². The predicted molar refractivity (Wildman–Crippen MR) is 98.7 cm³/mol. The number of benzene rings is 2. The maximum Gasteiger partial charge on any atom is 0.255 e. The van der Waals surface area contributed by atoms with Gasteiger partial charge in [-0.2, -0.15) is 0 Å². The summed E-state index contributed by atoms with van der Waals surface area (Å²) in [5.41, 5.74) is 4.00. The number of methoxy groups -OCH3 is 1. The number of carbonyl (C=O) groups is 1. The second kappa shape index (κ2) is 7.18. The molecule has 0 radical (unpaired) electrons. The monoisotopic (exact) mass is 339 g/mol. The van der Waals surface area contributed by atoms with Crippen molar-refractivity contribution < 1.29 is 14.3 Å². The molecule has 2 aromatic rings. The fourth-order valence-electron chi connectivity index (χ4n) is 3.27. The Hall–Kier alpha value is -2.49. The van der Waals surface area contributed by atoms with Crippen LogP contribution in [-0.4, -0.2) is 25.7 Å². The first-order chi connectivity index (χ1) is 12.0. The van der Waals surface area contributed by atoms with E-state index in [2.05, 4.69) is 25.2 Å². The van der Waals surface area contributed by atoms with Crippen molar-refractivity contribution in [3.63, 3.8) is 0 Å². The average Bonchev–Trinajstić information content (AvgIpc) is 2.89. The van der Waals surface area contributed by atoms with E-state index in [-0.39, 0.29) is 12.0 Å². The molecule has 1 amide bonds. The Kier molecular flexibility index (Phi) is 4.98. The largest absolute Gasteiger partial charge is 0.496 e. The van der Waals surface area contributed by atoms with Gasteiger partial charge in [-0.3, -0.25) is 4.79 Å². The summed E-state index contributed by atoms with van der Waals surface area (Å²) in [4.78, 5) is 12.6. The number of hydrogen-bond acceptors (Lipinski definition) is 3. The molecule has 0 aromatic heterocycles. The van der Waals surface area contributed by atoms with Crippen molar-refractivity contribution in [3.05, 3.63) is 58.7 Å². The van der Waals surface area contributed by atoms with Gasteiger partial charge in [0, 0.05) is 18.0 Å². The van der Waals surface area contributed by atoms with Gasteiger partial charge in [0.05, 0.1) is 12.7 Å². The van der Waals surface area contributed by atoms with Crippen molar-refractivity contribution in [3.8, 4) is 11.5 Å². The maximum atomic E-state index is 12.6. The van der Waals surface area contributed by atoms with Crippen LogP contribution in [0.5, 0.6) is 11.5 Å². The average molecular weight is 339 g/mol. The van der Waals surface area contributed by atoms with Gasteiger partial charge in [-0.25, -0.2) is 0 Å².